The van der Waals surface area contributed by atoms with E-state index < -0.39 is 11.8 Å². The van der Waals surface area contributed by atoms with Gasteiger partial charge >= 0.3 is 5.97 Å². The molecule has 1 aliphatic rings. The lowest BCUT2D eigenvalue weighted by Crippen LogP contribution is -2.35. The number of hydrogen-bond donors (Lipinski definition) is 1. The molecule has 6 heteroatoms. The zero-order chi connectivity index (χ0) is 15.4. The summed E-state index contributed by atoms with van der Waals surface area (Å²) in [5, 5.41) is 9.06. The van der Waals surface area contributed by atoms with Crippen molar-refractivity contribution in [3.63, 3.8) is 0 Å². The molecule has 1 fully saturated rings. The highest BCUT2D eigenvalue weighted by Crippen LogP contribution is 2.23. The molecule has 0 aliphatic carbocycles. The molecule has 0 spiro atoms. The van der Waals surface area contributed by atoms with Crippen molar-refractivity contribution in [1.82, 2.24) is 4.90 Å². The molecular weight excluding hydrogens is 297 g/mol. The minimum atomic E-state index is -0.930. The van der Waals surface area contributed by atoms with Crippen LogP contribution in [0.1, 0.15) is 24.8 Å². The van der Waals surface area contributed by atoms with Gasteiger partial charge in [0.05, 0.1) is 11.4 Å². The van der Waals surface area contributed by atoms with Gasteiger partial charge in [-0.2, -0.15) is 0 Å². The molecule has 2 rings (SSSR count). The fraction of sp³-hybridized carbons (Fsp3) is 0.333. The molecular formula is C15H15ClFNO3. The molecule has 0 aromatic heterocycles. The lowest BCUT2D eigenvalue weighted by molar-refractivity contribution is -0.139. The summed E-state index contributed by atoms with van der Waals surface area (Å²) in [6.45, 7) is 0.520. The lowest BCUT2D eigenvalue weighted by atomic mass is 10.1. The molecule has 0 saturated carbocycles. The number of amides is 1. The van der Waals surface area contributed by atoms with Gasteiger partial charge in [0, 0.05) is 24.2 Å². The van der Waals surface area contributed by atoms with Gasteiger partial charge in [0.15, 0.2) is 0 Å². The van der Waals surface area contributed by atoms with Crippen LogP contribution in [0.4, 0.5) is 4.39 Å². The Balaban J connectivity index is 2.10. The van der Waals surface area contributed by atoms with E-state index in [-0.39, 0.29) is 29.0 Å². The molecule has 1 aliphatic heterocycles. The number of nitrogens with zero attached hydrogens (tertiary/aromatic N) is 1. The minimum absolute atomic E-state index is 0.0694. The van der Waals surface area contributed by atoms with Crippen LogP contribution in [-0.4, -0.2) is 34.5 Å². The van der Waals surface area contributed by atoms with E-state index >= 15 is 0 Å². The van der Waals surface area contributed by atoms with Crippen molar-refractivity contribution in [2.45, 2.75) is 25.3 Å². The summed E-state index contributed by atoms with van der Waals surface area (Å²) in [7, 11) is 0. The number of carboxylic acid groups (broad SMARTS) is 1. The van der Waals surface area contributed by atoms with Crippen molar-refractivity contribution in [1.29, 1.82) is 0 Å². The SMILES string of the molecule is O=C(O)CC1CCCN1C(=O)C=Cc1c(F)cccc1Cl. The predicted molar refractivity (Wildman–Crippen MR) is 77.4 cm³/mol. The third-order valence-corrected chi connectivity index (χ3v) is 3.79. The van der Waals surface area contributed by atoms with E-state index in [9.17, 15) is 14.0 Å². The Labute approximate surface area is 126 Å². The molecule has 4 nitrogen and oxygen atoms in total. The zero-order valence-electron chi connectivity index (χ0n) is 11.3. The molecule has 1 amide bonds. The maximum absolute atomic E-state index is 13.6. The maximum Gasteiger partial charge on any atom is 0.305 e. The van der Waals surface area contributed by atoms with Crippen LogP contribution in [-0.2, 0) is 9.59 Å². The van der Waals surface area contributed by atoms with Crippen LogP contribution in [0, 0.1) is 5.82 Å². The second kappa shape index (κ2) is 6.72. The first-order chi connectivity index (χ1) is 9.99. The van der Waals surface area contributed by atoms with Crippen LogP contribution >= 0.6 is 11.6 Å². The Morgan fingerprint density at radius 1 is 1.48 bits per heavy atom. The highest BCUT2D eigenvalue weighted by molar-refractivity contribution is 6.32. The second-order valence-corrected chi connectivity index (χ2v) is 5.30. The van der Waals surface area contributed by atoms with Crippen molar-refractivity contribution in [2.24, 2.45) is 0 Å². The van der Waals surface area contributed by atoms with Gasteiger partial charge in [-0.3, -0.25) is 9.59 Å². The number of likely N-dealkylation sites (tertiary alicyclic amines) is 1. The number of carbonyl (C=O) groups excluding carboxylic acids is 1. The summed E-state index contributed by atoms with van der Waals surface area (Å²) < 4.78 is 13.6. The Bertz CT molecular complexity index is 568. The third kappa shape index (κ3) is 3.82. The molecule has 112 valence electrons. The summed E-state index contributed by atoms with van der Waals surface area (Å²) >= 11 is 5.88. The number of halogens is 2. The topological polar surface area (TPSA) is 57.6 Å². The molecule has 1 N–H and O–H groups in total. The quantitative estimate of drug-likeness (QED) is 0.870. The van der Waals surface area contributed by atoms with Crippen molar-refractivity contribution in [3.05, 3.63) is 40.7 Å². The Kier molecular flexibility index (Phi) is 4.96. The summed E-state index contributed by atoms with van der Waals surface area (Å²) in [5.74, 6) is -1.76. The minimum Gasteiger partial charge on any atom is -0.481 e. The smallest absolute Gasteiger partial charge is 0.305 e. The second-order valence-electron chi connectivity index (χ2n) is 4.89. The molecule has 0 radical (unpaired) electrons. The lowest BCUT2D eigenvalue weighted by Gasteiger charge is -2.21. The van der Waals surface area contributed by atoms with E-state index in [1.807, 2.05) is 0 Å². The van der Waals surface area contributed by atoms with E-state index in [4.69, 9.17) is 16.7 Å². The molecule has 0 bridgehead atoms. The van der Waals surface area contributed by atoms with Gasteiger partial charge in [-0.05, 0) is 31.1 Å². The van der Waals surface area contributed by atoms with Gasteiger partial charge in [-0.15, -0.1) is 0 Å². The maximum atomic E-state index is 13.6. The summed E-state index contributed by atoms with van der Waals surface area (Å²) in [6, 6.07) is 3.99. The monoisotopic (exact) mass is 311 g/mol. The number of carbonyl (C=O) groups is 2. The molecule has 1 unspecified atom stereocenters. The van der Waals surface area contributed by atoms with Crippen molar-refractivity contribution >= 4 is 29.6 Å². The van der Waals surface area contributed by atoms with Crippen LogP contribution in [0.2, 0.25) is 5.02 Å². The van der Waals surface area contributed by atoms with Crippen LogP contribution in [0.5, 0.6) is 0 Å². The van der Waals surface area contributed by atoms with Crippen molar-refractivity contribution in [3.8, 4) is 0 Å². The number of rotatable bonds is 4. The van der Waals surface area contributed by atoms with E-state index in [1.54, 1.807) is 0 Å². The first kappa shape index (κ1) is 15.5. The zero-order valence-corrected chi connectivity index (χ0v) is 12.0. The first-order valence-electron chi connectivity index (χ1n) is 6.63. The molecule has 21 heavy (non-hydrogen) atoms. The average Bonchev–Trinajstić information content (AvgIpc) is 2.85. The van der Waals surface area contributed by atoms with Crippen LogP contribution in [0.15, 0.2) is 24.3 Å². The van der Waals surface area contributed by atoms with E-state index in [0.717, 1.165) is 6.42 Å². The summed E-state index contributed by atoms with van der Waals surface area (Å²) in [5.41, 5.74) is 0.154. The molecule has 1 heterocycles. The van der Waals surface area contributed by atoms with Crippen molar-refractivity contribution < 1.29 is 19.1 Å². The number of benzene rings is 1. The van der Waals surface area contributed by atoms with Gasteiger partial charge in [0.2, 0.25) is 5.91 Å². The van der Waals surface area contributed by atoms with Gasteiger partial charge < -0.3 is 10.0 Å². The van der Waals surface area contributed by atoms with Crippen LogP contribution < -0.4 is 0 Å². The van der Waals surface area contributed by atoms with E-state index in [2.05, 4.69) is 0 Å². The Morgan fingerprint density at radius 2 is 2.24 bits per heavy atom. The molecule has 1 saturated heterocycles. The third-order valence-electron chi connectivity index (χ3n) is 3.46. The fourth-order valence-corrected chi connectivity index (χ4v) is 2.69. The van der Waals surface area contributed by atoms with Crippen molar-refractivity contribution in [2.75, 3.05) is 6.54 Å². The molecule has 1 aromatic carbocycles. The van der Waals surface area contributed by atoms with Crippen LogP contribution in [0.25, 0.3) is 6.08 Å². The fourth-order valence-electron chi connectivity index (χ4n) is 2.46. The number of carboxylic acids is 1. The number of hydrogen-bond acceptors (Lipinski definition) is 2. The molecule has 1 aromatic rings. The largest absolute Gasteiger partial charge is 0.481 e. The van der Waals surface area contributed by atoms with Gasteiger partial charge in [-0.1, -0.05) is 17.7 Å². The Hall–Kier alpha value is -1.88. The van der Waals surface area contributed by atoms with E-state index in [0.29, 0.717) is 13.0 Å². The standard InChI is InChI=1S/C15H15ClFNO3/c16-12-4-1-5-13(17)11(12)6-7-14(19)18-8-2-3-10(18)9-15(20)21/h1,4-7,10H,2-3,8-9H2,(H,20,21). The molecule has 1 atom stereocenters. The Morgan fingerprint density at radius 3 is 2.90 bits per heavy atom. The summed E-state index contributed by atoms with van der Waals surface area (Å²) in [4.78, 5) is 24.4. The highest BCUT2D eigenvalue weighted by atomic mass is 35.5. The average molecular weight is 312 g/mol. The van der Waals surface area contributed by atoms with Gasteiger partial charge in [0.1, 0.15) is 5.82 Å². The van der Waals surface area contributed by atoms with Gasteiger partial charge in [0.25, 0.3) is 0 Å². The van der Waals surface area contributed by atoms with Gasteiger partial charge in [-0.25, -0.2) is 4.39 Å². The summed E-state index contributed by atoms with van der Waals surface area (Å²) in [6.07, 6.45) is 3.95. The predicted octanol–water partition coefficient (Wildman–Crippen LogP) is 2.96. The van der Waals surface area contributed by atoms with E-state index in [1.165, 1.54) is 35.3 Å². The normalized spacial score (nSPS) is 18.4. The highest BCUT2D eigenvalue weighted by Gasteiger charge is 2.29. The number of aliphatic carboxylic acids is 1. The first-order valence-corrected chi connectivity index (χ1v) is 7.01. The van der Waals surface area contributed by atoms with Crippen LogP contribution in [0.3, 0.4) is 0 Å².